The molecule has 1 aromatic carbocycles. The first-order valence-electron chi connectivity index (χ1n) is 9.60. The van der Waals surface area contributed by atoms with E-state index in [4.69, 9.17) is 16.7 Å². The minimum absolute atomic E-state index is 0.0428. The van der Waals surface area contributed by atoms with Crippen molar-refractivity contribution in [1.29, 1.82) is 0 Å². The lowest BCUT2D eigenvalue weighted by atomic mass is 9.97. The number of amides is 1. The van der Waals surface area contributed by atoms with Crippen LogP contribution in [0.4, 0.5) is 0 Å². The maximum Gasteiger partial charge on any atom is 0.257 e. The van der Waals surface area contributed by atoms with Crippen molar-refractivity contribution >= 4 is 17.5 Å². The minimum atomic E-state index is -0.217. The number of rotatable bonds is 4. The van der Waals surface area contributed by atoms with Crippen LogP contribution in [0.1, 0.15) is 44.0 Å². The maximum absolute atomic E-state index is 13.4. The molecule has 1 aliphatic heterocycles. The Morgan fingerprint density at radius 1 is 1.33 bits per heavy atom. The van der Waals surface area contributed by atoms with Crippen molar-refractivity contribution in [3.05, 3.63) is 41.0 Å². The number of hydrogen-bond acceptors (Lipinski definition) is 3. The Bertz CT molecular complexity index is 807. The predicted octanol–water partition coefficient (Wildman–Crippen LogP) is 4.03. The summed E-state index contributed by atoms with van der Waals surface area (Å²) in [7, 11) is 1.96. The fraction of sp³-hybridized carbons (Fsp3) is 0.524. The zero-order chi connectivity index (χ0) is 19.6. The van der Waals surface area contributed by atoms with Gasteiger partial charge in [-0.1, -0.05) is 29.8 Å². The lowest BCUT2D eigenvalue weighted by Crippen LogP contribution is -2.42. The fourth-order valence-corrected chi connectivity index (χ4v) is 3.83. The SMILES string of the molecule is CNCC1CCCN(C(=O)c2cn(C(C)(C)C)nc2-c2ccccc2Cl)C1. The minimum Gasteiger partial charge on any atom is -0.338 e. The van der Waals surface area contributed by atoms with Crippen molar-refractivity contribution in [2.45, 2.75) is 39.2 Å². The Hall–Kier alpha value is -1.85. The Morgan fingerprint density at radius 3 is 2.74 bits per heavy atom. The van der Waals surface area contributed by atoms with Crippen LogP contribution in [0.15, 0.2) is 30.5 Å². The second-order valence-electron chi connectivity index (χ2n) is 8.30. The van der Waals surface area contributed by atoms with E-state index >= 15 is 0 Å². The van der Waals surface area contributed by atoms with E-state index in [0.717, 1.165) is 38.0 Å². The van der Waals surface area contributed by atoms with Crippen molar-refractivity contribution in [2.75, 3.05) is 26.7 Å². The lowest BCUT2D eigenvalue weighted by Gasteiger charge is -2.32. The van der Waals surface area contributed by atoms with E-state index in [1.165, 1.54) is 0 Å². The molecular weight excluding hydrogens is 360 g/mol. The van der Waals surface area contributed by atoms with Gasteiger partial charge in [-0.25, -0.2) is 0 Å². The highest BCUT2D eigenvalue weighted by atomic mass is 35.5. The van der Waals surface area contributed by atoms with Gasteiger partial charge >= 0.3 is 0 Å². The molecule has 3 rings (SSSR count). The molecule has 0 bridgehead atoms. The molecule has 1 saturated heterocycles. The van der Waals surface area contributed by atoms with E-state index in [2.05, 4.69) is 26.1 Å². The number of piperidine rings is 1. The molecule has 1 aromatic heterocycles. The largest absolute Gasteiger partial charge is 0.338 e. The summed E-state index contributed by atoms with van der Waals surface area (Å²) in [5.41, 5.74) is 1.87. The summed E-state index contributed by atoms with van der Waals surface area (Å²) in [6.45, 7) is 8.74. The average Bonchev–Trinajstić information content (AvgIpc) is 3.07. The van der Waals surface area contributed by atoms with Gasteiger partial charge in [-0.3, -0.25) is 9.48 Å². The number of aromatic nitrogens is 2. The molecule has 1 atom stereocenters. The molecule has 1 amide bonds. The number of benzene rings is 1. The van der Waals surface area contributed by atoms with Gasteiger partial charge in [0.2, 0.25) is 0 Å². The molecular formula is C21H29ClN4O. The van der Waals surface area contributed by atoms with Gasteiger partial charge in [-0.2, -0.15) is 5.10 Å². The summed E-state index contributed by atoms with van der Waals surface area (Å²) in [6.07, 6.45) is 4.07. The first-order valence-corrected chi connectivity index (χ1v) is 9.98. The van der Waals surface area contributed by atoms with Crippen LogP contribution in [0.5, 0.6) is 0 Å². The molecule has 1 N–H and O–H groups in total. The predicted molar refractivity (Wildman–Crippen MR) is 110 cm³/mol. The number of nitrogens with zero attached hydrogens (tertiary/aromatic N) is 3. The molecule has 2 heterocycles. The molecule has 5 nitrogen and oxygen atoms in total. The standard InChI is InChI=1S/C21H29ClN4O/c1-21(2,3)26-14-17(19(24-26)16-9-5-6-10-18(16)22)20(27)25-11-7-8-15(13-25)12-23-4/h5-6,9-10,14-15,23H,7-8,11-13H2,1-4H3. The quantitative estimate of drug-likeness (QED) is 0.860. The van der Waals surface area contributed by atoms with Crippen LogP contribution in [-0.2, 0) is 5.54 Å². The molecule has 1 aliphatic rings. The molecule has 2 aromatic rings. The van der Waals surface area contributed by atoms with Gasteiger partial charge in [-0.05, 0) is 59.2 Å². The van der Waals surface area contributed by atoms with Crippen LogP contribution in [0, 0.1) is 5.92 Å². The Kier molecular flexibility index (Phi) is 5.92. The summed E-state index contributed by atoms with van der Waals surface area (Å²) in [5, 5.41) is 8.60. The molecule has 1 fully saturated rings. The smallest absolute Gasteiger partial charge is 0.257 e. The number of hydrogen-bond donors (Lipinski definition) is 1. The van der Waals surface area contributed by atoms with Gasteiger partial charge in [0.05, 0.1) is 16.1 Å². The summed E-state index contributed by atoms with van der Waals surface area (Å²) < 4.78 is 1.87. The monoisotopic (exact) mass is 388 g/mol. The Labute approximate surface area is 166 Å². The molecule has 0 radical (unpaired) electrons. The molecule has 27 heavy (non-hydrogen) atoms. The highest BCUT2D eigenvalue weighted by Crippen LogP contribution is 2.32. The van der Waals surface area contributed by atoms with Crippen molar-refractivity contribution in [3.8, 4) is 11.3 Å². The van der Waals surface area contributed by atoms with E-state index in [-0.39, 0.29) is 11.4 Å². The number of halogens is 1. The highest BCUT2D eigenvalue weighted by molar-refractivity contribution is 6.33. The van der Waals surface area contributed by atoms with Crippen LogP contribution in [0.3, 0.4) is 0 Å². The van der Waals surface area contributed by atoms with Gasteiger partial charge in [0.1, 0.15) is 5.69 Å². The molecule has 0 spiro atoms. The van der Waals surface area contributed by atoms with E-state index in [1.807, 2.05) is 47.1 Å². The third kappa shape index (κ3) is 4.36. The second kappa shape index (κ2) is 8.03. The van der Waals surface area contributed by atoms with Crippen LogP contribution in [0.25, 0.3) is 11.3 Å². The molecule has 146 valence electrons. The Balaban J connectivity index is 1.99. The van der Waals surface area contributed by atoms with Crippen LogP contribution in [-0.4, -0.2) is 47.3 Å². The molecule has 6 heteroatoms. The third-order valence-corrected chi connectivity index (χ3v) is 5.39. The third-order valence-electron chi connectivity index (χ3n) is 5.06. The molecule has 0 aliphatic carbocycles. The number of likely N-dealkylation sites (tertiary alicyclic amines) is 1. The normalized spacial score (nSPS) is 18.0. The van der Waals surface area contributed by atoms with Crippen molar-refractivity contribution in [2.24, 2.45) is 5.92 Å². The van der Waals surface area contributed by atoms with Crippen LogP contribution in [0.2, 0.25) is 5.02 Å². The summed E-state index contributed by atoms with van der Waals surface area (Å²) in [4.78, 5) is 15.4. The topological polar surface area (TPSA) is 50.2 Å². The van der Waals surface area contributed by atoms with Crippen molar-refractivity contribution in [3.63, 3.8) is 0 Å². The van der Waals surface area contributed by atoms with Crippen LogP contribution >= 0.6 is 11.6 Å². The summed E-state index contributed by atoms with van der Waals surface area (Å²) >= 11 is 6.43. The lowest BCUT2D eigenvalue weighted by molar-refractivity contribution is 0.0675. The van der Waals surface area contributed by atoms with Crippen molar-refractivity contribution < 1.29 is 4.79 Å². The first-order chi connectivity index (χ1) is 12.8. The number of carbonyl (C=O) groups excluding carboxylic acids is 1. The van der Waals surface area contributed by atoms with E-state index in [9.17, 15) is 4.79 Å². The van der Waals surface area contributed by atoms with Crippen LogP contribution < -0.4 is 5.32 Å². The van der Waals surface area contributed by atoms with E-state index in [0.29, 0.717) is 22.2 Å². The highest BCUT2D eigenvalue weighted by Gasteiger charge is 2.29. The first kappa shape index (κ1) is 19.9. The Morgan fingerprint density at radius 2 is 2.07 bits per heavy atom. The fourth-order valence-electron chi connectivity index (χ4n) is 3.60. The van der Waals surface area contributed by atoms with E-state index < -0.39 is 0 Å². The van der Waals surface area contributed by atoms with Gasteiger partial charge < -0.3 is 10.2 Å². The number of nitrogens with one attached hydrogen (secondary N) is 1. The molecule has 0 saturated carbocycles. The zero-order valence-electron chi connectivity index (χ0n) is 16.6. The second-order valence-corrected chi connectivity index (χ2v) is 8.71. The molecule has 1 unspecified atom stereocenters. The summed E-state index contributed by atoms with van der Waals surface area (Å²) in [5.74, 6) is 0.537. The van der Waals surface area contributed by atoms with Gasteiger partial charge in [0.15, 0.2) is 0 Å². The average molecular weight is 389 g/mol. The van der Waals surface area contributed by atoms with E-state index in [1.54, 1.807) is 0 Å². The van der Waals surface area contributed by atoms with Gasteiger partial charge in [0, 0.05) is 24.8 Å². The van der Waals surface area contributed by atoms with Gasteiger partial charge in [-0.15, -0.1) is 0 Å². The summed E-state index contributed by atoms with van der Waals surface area (Å²) in [6, 6.07) is 7.58. The van der Waals surface area contributed by atoms with Crippen molar-refractivity contribution in [1.82, 2.24) is 20.0 Å². The zero-order valence-corrected chi connectivity index (χ0v) is 17.4. The van der Waals surface area contributed by atoms with Gasteiger partial charge in [0.25, 0.3) is 5.91 Å². The maximum atomic E-state index is 13.4. The number of carbonyl (C=O) groups is 1.